The molecule has 0 saturated heterocycles. The lowest BCUT2D eigenvalue weighted by Gasteiger charge is -2.04. The summed E-state index contributed by atoms with van der Waals surface area (Å²) in [7, 11) is 0. The minimum absolute atomic E-state index is 0.280. The van der Waals surface area contributed by atoms with Crippen LogP contribution in [0.3, 0.4) is 0 Å². The lowest BCUT2D eigenvalue weighted by atomic mass is 10.1. The zero-order valence-corrected chi connectivity index (χ0v) is 16.0. The summed E-state index contributed by atoms with van der Waals surface area (Å²) in [5, 5.41) is 2.46. The van der Waals surface area contributed by atoms with Crippen LogP contribution in [0.25, 0.3) is 0 Å². The van der Waals surface area contributed by atoms with Crippen LogP contribution in [0.1, 0.15) is 60.3 Å². The summed E-state index contributed by atoms with van der Waals surface area (Å²) in [6.07, 6.45) is 11.2. The molecule has 0 bridgehead atoms. The number of hydrogen-bond donors (Lipinski definition) is 0. The van der Waals surface area contributed by atoms with E-state index in [2.05, 4.69) is 51.1 Å². The Morgan fingerprint density at radius 1 is 1.00 bits per heavy atom. The third-order valence-electron chi connectivity index (χ3n) is 3.55. The molecule has 1 amide bonds. The zero-order valence-electron chi connectivity index (χ0n) is 15.2. The Morgan fingerprint density at radius 2 is 1.57 bits per heavy atom. The van der Waals surface area contributed by atoms with Gasteiger partial charge in [-0.25, -0.2) is 0 Å². The molecular weight excluding hydrogens is 306 g/mol. The van der Waals surface area contributed by atoms with Gasteiger partial charge in [0.2, 0.25) is 0 Å². The zero-order chi connectivity index (χ0) is 17.7. The first-order valence-corrected chi connectivity index (χ1v) is 9.41. The van der Waals surface area contributed by atoms with Gasteiger partial charge in [0.05, 0.1) is 0 Å². The van der Waals surface area contributed by atoms with E-state index in [1.165, 1.54) is 16.7 Å². The van der Waals surface area contributed by atoms with Gasteiger partial charge in [0, 0.05) is 22.6 Å². The van der Waals surface area contributed by atoms with Crippen molar-refractivity contribution in [3.8, 4) is 0 Å². The number of nitroso groups, excluding NO2 is 1. The van der Waals surface area contributed by atoms with Gasteiger partial charge in [-0.05, 0) is 53.4 Å². The van der Waals surface area contributed by atoms with Crippen LogP contribution in [0.5, 0.6) is 0 Å². The molecule has 0 rings (SSSR count). The highest BCUT2D eigenvalue weighted by Crippen LogP contribution is 2.14. The third-order valence-corrected chi connectivity index (χ3v) is 4.69. The van der Waals surface area contributed by atoms with Crippen LogP contribution in [0.4, 0.5) is 0 Å². The molecule has 3 nitrogen and oxygen atoms in total. The smallest absolute Gasteiger partial charge is 0.269 e. The van der Waals surface area contributed by atoms with Crippen molar-refractivity contribution in [2.24, 2.45) is 11.1 Å². The lowest BCUT2D eigenvalue weighted by Crippen LogP contribution is -2.10. The summed E-state index contributed by atoms with van der Waals surface area (Å²) in [5.74, 6) is 0.702. The number of carbonyl (C=O) groups is 1. The molecule has 0 aromatic rings. The van der Waals surface area contributed by atoms with Gasteiger partial charge in [0.1, 0.15) is 0 Å². The topological polar surface area (TPSA) is 46.5 Å². The summed E-state index contributed by atoms with van der Waals surface area (Å²) in [5.41, 5.74) is 4.21. The number of thioether (sulfide) groups is 1. The maximum Gasteiger partial charge on any atom is 0.289 e. The number of amides is 1. The summed E-state index contributed by atoms with van der Waals surface area (Å²) in [6.45, 7) is 10.4. The van der Waals surface area contributed by atoms with Gasteiger partial charge in [0.15, 0.2) is 0 Å². The molecule has 0 radical (unpaired) electrons. The molecule has 0 spiro atoms. The van der Waals surface area contributed by atoms with Gasteiger partial charge in [-0.2, -0.15) is 11.8 Å². The van der Waals surface area contributed by atoms with Gasteiger partial charge in [-0.1, -0.05) is 41.9 Å². The normalized spacial score (nSPS) is 13.6. The van der Waals surface area contributed by atoms with Crippen LogP contribution >= 0.6 is 11.8 Å². The molecule has 0 aliphatic heterocycles. The Balaban J connectivity index is 3.92. The monoisotopic (exact) mass is 337 g/mol. The van der Waals surface area contributed by atoms with Crippen LogP contribution in [-0.2, 0) is 4.79 Å². The van der Waals surface area contributed by atoms with Gasteiger partial charge >= 0.3 is 0 Å². The number of carbonyl (C=O) groups excluding carboxylic acids is 1. The molecule has 0 aromatic carbocycles. The molecule has 0 saturated carbocycles. The molecule has 0 fully saturated rings. The van der Waals surface area contributed by atoms with Crippen molar-refractivity contribution >= 4 is 17.7 Å². The van der Waals surface area contributed by atoms with Crippen molar-refractivity contribution in [1.82, 2.24) is 0 Å². The minimum atomic E-state index is -0.549. The predicted octanol–water partition coefficient (Wildman–Crippen LogP) is 6.07. The Bertz CT molecular complexity index is 460. The van der Waals surface area contributed by atoms with E-state index >= 15 is 0 Å². The molecule has 0 N–H and O–H groups in total. The average molecular weight is 338 g/mol. The number of hydrogen-bond acceptors (Lipinski definition) is 3. The highest BCUT2D eigenvalue weighted by molar-refractivity contribution is 7.99. The summed E-state index contributed by atoms with van der Waals surface area (Å²) in [6, 6.07) is 0. The Kier molecular flexibility index (Phi) is 12.6. The van der Waals surface area contributed by atoms with E-state index in [-0.39, 0.29) is 5.92 Å². The van der Waals surface area contributed by atoms with E-state index in [0.717, 1.165) is 31.4 Å². The molecule has 23 heavy (non-hydrogen) atoms. The fraction of sp³-hybridized carbons (Fsp3) is 0.632. The third kappa shape index (κ3) is 13.0. The first-order valence-electron chi connectivity index (χ1n) is 8.26. The lowest BCUT2D eigenvalue weighted by molar-refractivity contribution is -0.120. The van der Waals surface area contributed by atoms with Gasteiger partial charge in [-0.3, -0.25) is 4.79 Å². The first kappa shape index (κ1) is 21.8. The van der Waals surface area contributed by atoms with Gasteiger partial charge in [0.25, 0.3) is 5.91 Å². The van der Waals surface area contributed by atoms with Gasteiger partial charge in [-0.15, -0.1) is 4.91 Å². The first-order chi connectivity index (χ1) is 10.9. The Morgan fingerprint density at radius 3 is 2.13 bits per heavy atom. The molecule has 0 aromatic heterocycles. The SMILES string of the molecule is CC(C)=CCC/C(C)=C/CC/C(C)=C/CSC[C@H](C)C(=O)N=O. The van der Waals surface area contributed by atoms with Crippen LogP contribution in [0.15, 0.2) is 40.1 Å². The number of nitrogens with zero attached hydrogens (tertiary/aromatic N) is 1. The van der Waals surface area contributed by atoms with Crippen molar-refractivity contribution in [1.29, 1.82) is 0 Å². The molecule has 0 heterocycles. The largest absolute Gasteiger partial charge is 0.289 e. The van der Waals surface area contributed by atoms with Crippen molar-refractivity contribution in [3.05, 3.63) is 39.9 Å². The molecule has 4 heteroatoms. The van der Waals surface area contributed by atoms with Gasteiger partial charge < -0.3 is 0 Å². The molecule has 1 atom stereocenters. The van der Waals surface area contributed by atoms with Crippen LogP contribution in [-0.4, -0.2) is 17.4 Å². The fourth-order valence-corrected chi connectivity index (χ4v) is 2.98. The minimum Gasteiger partial charge on any atom is -0.269 e. The van der Waals surface area contributed by atoms with E-state index in [0.29, 0.717) is 5.75 Å². The number of allylic oxidation sites excluding steroid dienone is 5. The van der Waals surface area contributed by atoms with E-state index in [1.807, 2.05) is 0 Å². The fourth-order valence-electron chi connectivity index (χ4n) is 1.95. The standard InChI is InChI=1S/C19H31NO2S/c1-15(2)8-6-9-16(3)10-7-11-17(4)12-13-23-14-18(5)19(21)20-22/h8,10,12,18H,6-7,9,11,13-14H2,1-5H3/b16-10+,17-12+/t18-/m0/s1. The summed E-state index contributed by atoms with van der Waals surface area (Å²) in [4.78, 5) is 21.2. The van der Waals surface area contributed by atoms with E-state index in [1.54, 1.807) is 18.7 Å². The highest BCUT2D eigenvalue weighted by Gasteiger charge is 2.12. The quantitative estimate of drug-likeness (QED) is 0.261. The number of rotatable bonds is 11. The molecule has 0 aliphatic carbocycles. The van der Waals surface area contributed by atoms with Crippen LogP contribution < -0.4 is 0 Å². The summed E-state index contributed by atoms with van der Waals surface area (Å²) >= 11 is 1.67. The van der Waals surface area contributed by atoms with Crippen molar-refractivity contribution in [2.45, 2.75) is 60.3 Å². The van der Waals surface area contributed by atoms with Crippen molar-refractivity contribution < 1.29 is 4.79 Å². The highest BCUT2D eigenvalue weighted by atomic mass is 32.2. The molecule has 0 unspecified atom stereocenters. The molecule has 0 aliphatic rings. The average Bonchev–Trinajstić information content (AvgIpc) is 2.50. The Labute approximate surface area is 145 Å². The second kappa shape index (κ2) is 13.3. The van der Waals surface area contributed by atoms with Crippen LogP contribution in [0.2, 0.25) is 0 Å². The van der Waals surface area contributed by atoms with Crippen molar-refractivity contribution in [2.75, 3.05) is 11.5 Å². The van der Waals surface area contributed by atoms with E-state index in [9.17, 15) is 9.70 Å². The second-order valence-corrected chi connectivity index (χ2v) is 7.40. The van der Waals surface area contributed by atoms with E-state index < -0.39 is 5.91 Å². The summed E-state index contributed by atoms with van der Waals surface area (Å²) < 4.78 is 0. The predicted molar refractivity (Wildman–Crippen MR) is 103 cm³/mol. The van der Waals surface area contributed by atoms with E-state index in [4.69, 9.17) is 0 Å². The second-order valence-electron chi connectivity index (χ2n) is 6.33. The Hall–Kier alpha value is -1.16. The van der Waals surface area contributed by atoms with Crippen LogP contribution in [0, 0.1) is 10.8 Å². The maximum atomic E-state index is 11.0. The maximum absolute atomic E-state index is 11.0. The van der Waals surface area contributed by atoms with Crippen molar-refractivity contribution in [3.63, 3.8) is 0 Å². The molecular formula is C19H31NO2S. The molecule has 130 valence electrons.